The Morgan fingerprint density at radius 1 is 1.64 bits per heavy atom. The van der Waals surface area contributed by atoms with Crippen LogP contribution >= 0.6 is 12.2 Å². The number of rotatable bonds is 2. The van der Waals surface area contributed by atoms with Crippen molar-refractivity contribution in [2.75, 3.05) is 0 Å². The van der Waals surface area contributed by atoms with Crippen LogP contribution in [0.15, 0.2) is 12.3 Å². The number of nitrogens with one attached hydrogen (secondary N) is 1. The van der Waals surface area contributed by atoms with Gasteiger partial charge < -0.3 is 4.98 Å². The summed E-state index contributed by atoms with van der Waals surface area (Å²) in [5, 5.41) is 0. The lowest BCUT2D eigenvalue weighted by Crippen LogP contribution is -1.94. The van der Waals surface area contributed by atoms with Gasteiger partial charge in [-0.15, -0.1) is 0 Å². The zero-order chi connectivity index (χ0) is 7.68. The highest BCUT2D eigenvalue weighted by molar-refractivity contribution is 7.71. The molecule has 0 unspecified atom stereocenters. The number of aromatic nitrogens is 2. The van der Waals surface area contributed by atoms with Gasteiger partial charge in [0.05, 0.1) is 0 Å². The van der Waals surface area contributed by atoms with Crippen LogP contribution in [0.3, 0.4) is 0 Å². The fraction of sp³-hybridized carbons (Fsp3) is 0.500. The van der Waals surface area contributed by atoms with E-state index in [4.69, 9.17) is 12.2 Å². The quantitative estimate of drug-likeness (QED) is 0.681. The summed E-state index contributed by atoms with van der Waals surface area (Å²) < 4.78 is 0.788. The molecule has 0 saturated heterocycles. The van der Waals surface area contributed by atoms with Crippen LogP contribution < -0.4 is 0 Å². The van der Waals surface area contributed by atoms with Gasteiger partial charge in [-0.2, -0.15) is 0 Å². The Bertz CT molecular complexity index is 301. The standard InChI is InChI=1S/C8H10N2S/c11-8-3-4-9-7(10-8)5-6-1-2-6/h3-4,6H,1-2,5H2,(H,9,10,11). The molecular weight excluding hydrogens is 156 g/mol. The van der Waals surface area contributed by atoms with Crippen molar-refractivity contribution in [3.63, 3.8) is 0 Å². The van der Waals surface area contributed by atoms with Crippen LogP contribution in [0.2, 0.25) is 0 Å². The molecule has 1 heterocycles. The van der Waals surface area contributed by atoms with Crippen LogP contribution in [-0.4, -0.2) is 9.97 Å². The molecule has 1 saturated carbocycles. The smallest absolute Gasteiger partial charge is 0.107 e. The van der Waals surface area contributed by atoms with Gasteiger partial charge in [0.25, 0.3) is 0 Å². The van der Waals surface area contributed by atoms with Gasteiger partial charge in [0.1, 0.15) is 10.5 Å². The van der Waals surface area contributed by atoms with Gasteiger partial charge in [-0.1, -0.05) is 12.2 Å². The minimum absolute atomic E-state index is 0.788. The molecule has 0 radical (unpaired) electrons. The maximum absolute atomic E-state index is 4.98. The van der Waals surface area contributed by atoms with Crippen molar-refractivity contribution in [2.45, 2.75) is 19.3 Å². The average Bonchev–Trinajstić information content (AvgIpc) is 2.71. The molecule has 1 aromatic rings. The predicted molar refractivity (Wildman–Crippen MR) is 45.8 cm³/mol. The van der Waals surface area contributed by atoms with Crippen LogP contribution in [-0.2, 0) is 6.42 Å². The van der Waals surface area contributed by atoms with E-state index in [1.807, 2.05) is 6.07 Å². The zero-order valence-corrected chi connectivity index (χ0v) is 7.03. The molecule has 0 aromatic carbocycles. The molecule has 11 heavy (non-hydrogen) atoms. The highest BCUT2D eigenvalue weighted by Crippen LogP contribution is 2.31. The summed E-state index contributed by atoms with van der Waals surface area (Å²) in [6.07, 6.45) is 5.56. The average molecular weight is 166 g/mol. The molecule has 58 valence electrons. The lowest BCUT2D eigenvalue weighted by Gasteiger charge is -1.96. The Kier molecular flexibility index (Phi) is 1.74. The molecule has 3 heteroatoms. The Balaban J connectivity index is 2.16. The largest absolute Gasteiger partial charge is 0.335 e. The van der Waals surface area contributed by atoms with Gasteiger partial charge in [-0.25, -0.2) is 4.98 Å². The normalized spacial score (nSPS) is 16.7. The second-order valence-corrected chi connectivity index (χ2v) is 3.47. The van der Waals surface area contributed by atoms with Gasteiger partial charge in [0, 0.05) is 12.6 Å². The molecule has 1 N–H and O–H groups in total. The molecule has 1 fully saturated rings. The molecule has 0 aliphatic heterocycles. The predicted octanol–water partition coefficient (Wildman–Crippen LogP) is 2.09. The first-order valence-corrected chi connectivity index (χ1v) is 4.29. The summed E-state index contributed by atoms with van der Waals surface area (Å²) in [5.41, 5.74) is 0. The van der Waals surface area contributed by atoms with Crippen molar-refractivity contribution >= 4 is 12.2 Å². The van der Waals surface area contributed by atoms with Gasteiger partial charge in [0.15, 0.2) is 0 Å². The van der Waals surface area contributed by atoms with E-state index in [0.29, 0.717) is 0 Å². The maximum atomic E-state index is 4.98. The summed E-state index contributed by atoms with van der Waals surface area (Å²) in [7, 11) is 0. The monoisotopic (exact) mass is 166 g/mol. The van der Waals surface area contributed by atoms with Crippen molar-refractivity contribution in [1.29, 1.82) is 0 Å². The summed E-state index contributed by atoms with van der Waals surface area (Å²) >= 11 is 4.98. The van der Waals surface area contributed by atoms with Gasteiger partial charge >= 0.3 is 0 Å². The van der Waals surface area contributed by atoms with E-state index in [2.05, 4.69) is 9.97 Å². The fourth-order valence-corrected chi connectivity index (χ4v) is 1.29. The van der Waals surface area contributed by atoms with Crippen LogP contribution in [0, 0.1) is 10.6 Å². The van der Waals surface area contributed by atoms with Gasteiger partial charge in [-0.3, -0.25) is 0 Å². The molecule has 0 bridgehead atoms. The van der Waals surface area contributed by atoms with E-state index in [1.54, 1.807) is 6.20 Å². The fourth-order valence-electron chi connectivity index (χ4n) is 1.11. The van der Waals surface area contributed by atoms with Gasteiger partial charge in [-0.05, 0) is 24.8 Å². The van der Waals surface area contributed by atoms with Crippen molar-refractivity contribution in [2.24, 2.45) is 5.92 Å². The number of aromatic amines is 1. The Morgan fingerprint density at radius 3 is 3.09 bits per heavy atom. The topological polar surface area (TPSA) is 28.7 Å². The third-order valence-electron chi connectivity index (χ3n) is 1.90. The van der Waals surface area contributed by atoms with E-state index in [0.717, 1.165) is 22.8 Å². The first-order valence-electron chi connectivity index (χ1n) is 3.89. The highest BCUT2D eigenvalue weighted by Gasteiger charge is 2.22. The Morgan fingerprint density at radius 2 is 2.45 bits per heavy atom. The highest BCUT2D eigenvalue weighted by atomic mass is 32.1. The Hall–Kier alpha value is -0.700. The summed E-state index contributed by atoms with van der Waals surface area (Å²) in [6, 6.07) is 1.81. The summed E-state index contributed by atoms with van der Waals surface area (Å²) in [6.45, 7) is 0. The second-order valence-electron chi connectivity index (χ2n) is 3.03. The third kappa shape index (κ3) is 1.87. The number of H-pyrrole nitrogens is 1. The van der Waals surface area contributed by atoms with Crippen LogP contribution in [0.4, 0.5) is 0 Å². The van der Waals surface area contributed by atoms with Crippen molar-refractivity contribution in [1.82, 2.24) is 9.97 Å². The van der Waals surface area contributed by atoms with Gasteiger partial charge in [0.2, 0.25) is 0 Å². The number of hydrogen-bond donors (Lipinski definition) is 1. The first kappa shape index (κ1) is 6.98. The molecule has 0 spiro atoms. The van der Waals surface area contributed by atoms with E-state index < -0.39 is 0 Å². The molecule has 2 nitrogen and oxygen atoms in total. The molecule has 1 aliphatic rings. The lowest BCUT2D eigenvalue weighted by molar-refractivity contribution is 0.767. The third-order valence-corrected chi connectivity index (χ3v) is 2.14. The summed E-state index contributed by atoms with van der Waals surface area (Å²) in [5.74, 6) is 1.91. The maximum Gasteiger partial charge on any atom is 0.107 e. The van der Waals surface area contributed by atoms with Crippen molar-refractivity contribution < 1.29 is 0 Å². The van der Waals surface area contributed by atoms with E-state index in [-0.39, 0.29) is 0 Å². The molecule has 1 aromatic heterocycles. The number of nitrogens with zero attached hydrogens (tertiary/aromatic N) is 1. The van der Waals surface area contributed by atoms with E-state index in [1.165, 1.54) is 12.8 Å². The molecule has 1 aliphatic carbocycles. The zero-order valence-electron chi connectivity index (χ0n) is 6.21. The van der Waals surface area contributed by atoms with Crippen LogP contribution in [0.1, 0.15) is 18.7 Å². The lowest BCUT2D eigenvalue weighted by atomic mass is 10.3. The first-order chi connectivity index (χ1) is 5.34. The Labute approximate surface area is 70.7 Å². The second kappa shape index (κ2) is 2.74. The SMILES string of the molecule is S=c1ccnc(CC2CC2)[nH]1. The minimum atomic E-state index is 0.788. The molecule has 2 rings (SSSR count). The van der Waals surface area contributed by atoms with Crippen molar-refractivity contribution in [3.8, 4) is 0 Å². The van der Waals surface area contributed by atoms with Crippen LogP contribution in [0.25, 0.3) is 0 Å². The minimum Gasteiger partial charge on any atom is -0.335 e. The van der Waals surface area contributed by atoms with E-state index >= 15 is 0 Å². The summed E-state index contributed by atoms with van der Waals surface area (Å²) in [4.78, 5) is 7.28. The molecular formula is C8H10N2S. The van der Waals surface area contributed by atoms with E-state index in [9.17, 15) is 0 Å². The van der Waals surface area contributed by atoms with Crippen molar-refractivity contribution in [3.05, 3.63) is 22.7 Å². The molecule has 0 atom stereocenters. The number of hydrogen-bond acceptors (Lipinski definition) is 2. The molecule has 0 amide bonds. The van der Waals surface area contributed by atoms with Crippen LogP contribution in [0.5, 0.6) is 0 Å².